The van der Waals surface area contributed by atoms with Crippen LogP contribution in [0.3, 0.4) is 0 Å². The number of ether oxygens (including phenoxy) is 1. The fraction of sp³-hybridized carbons (Fsp3) is 0.231. The number of halogens is 1. The van der Waals surface area contributed by atoms with Gasteiger partial charge in [-0.25, -0.2) is 8.42 Å². The van der Waals surface area contributed by atoms with E-state index in [0.29, 0.717) is 40.8 Å². The summed E-state index contributed by atoms with van der Waals surface area (Å²) < 4.78 is 32.5. The minimum Gasteiger partial charge on any atom is -0.482 e. The van der Waals surface area contributed by atoms with Gasteiger partial charge in [-0.2, -0.15) is 4.31 Å². The first kappa shape index (κ1) is 24.3. The Kier molecular flexibility index (Phi) is 6.70. The van der Waals surface area contributed by atoms with Gasteiger partial charge in [0.15, 0.2) is 6.61 Å². The van der Waals surface area contributed by atoms with E-state index < -0.39 is 15.9 Å². The van der Waals surface area contributed by atoms with Gasteiger partial charge in [-0.3, -0.25) is 9.59 Å². The molecule has 2 aliphatic heterocycles. The van der Waals surface area contributed by atoms with Gasteiger partial charge in [-0.15, -0.1) is 0 Å². The van der Waals surface area contributed by atoms with Crippen LogP contribution in [0.25, 0.3) is 0 Å². The Morgan fingerprint density at radius 2 is 1.72 bits per heavy atom. The summed E-state index contributed by atoms with van der Waals surface area (Å²) in [6.45, 7) is 1.21. The molecule has 0 unspecified atom stereocenters. The van der Waals surface area contributed by atoms with Gasteiger partial charge >= 0.3 is 0 Å². The molecule has 186 valence electrons. The van der Waals surface area contributed by atoms with E-state index >= 15 is 0 Å². The van der Waals surface area contributed by atoms with Crippen LogP contribution in [0, 0.1) is 0 Å². The maximum atomic E-state index is 12.9. The maximum absolute atomic E-state index is 12.9. The van der Waals surface area contributed by atoms with Crippen molar-refractivity contribution in [2.24, 2.45) is 0 Å². The molecule has 1 fully saturated rings. The average Bonchev–Trinajstić information content (AvgIpc) is 3.43. The zero-order valence-electron chi connectivity index (χ0n) is 19.3. The van der Waals surface area contributed by atoms with E-state index in [0.717, 1.165) is 18.4 Å². The molecule has 1 N–H and O–H groups in total. The molecule has 10 heteroatoms. The number of nitrogens with zero attached hydrogens (tertiary/aromatic N) is 2. The molecular weight excluding hydrogens is 502 g/mol. The second-order valence-electron chi connectivity index (χ2n) is 8.63. The Bertz CT molecular complexity index is 1420. The number of fused-ring (bicyclic) bond motifs is 1. The number of benzene rings is 3. The molecule has 36 heavy (non-hydrogen) atoms. The van der Waals surface area contributed by atoms with Crippen molar-refractivity contribution in [1.29, 1.82) is 0 Å². The molecule has 0 spiro atoms. The summed E-state index contributed by atoms with van der Waals surface area (Å²) in [5.74, 6) is -0.0994. The number of nitrogens with one attached hydrogen (secondary N) is 1. The zero-order valence-corrected chi connectivity index (χ0v) is 20.9. The maximum Gasteiger partial charge on any atom is 0.265 e. The summed E-state index contributed by atoms with van der Waals surface area (Å²) in [6.07, 6.45) is 1.71. The summed E-state index contributed by atoms with van der Waals surface area (Å²) in [5, 5.41) is 3.37. The van der Waals surface area contributed by atoms with Crippen LogP contribution in [0.15, 0.2) is 71.6 Å². The number of carbonyl (C=O) groups is 2. The smallest absolute Gasteiger partial charge is 0.265 e. The first-order valence-corrected chi connectivity index (χ1v) is 13.4. The second-order valence-corrected chi connectivity index (χ2v) is 11.0. The van der Waals surface area contributed by atoms with Gasteiger partial charge in [-0.05, 0) is 66.9 Å². The third-order valence-electron chi connectivity index (χ3n) is 6.27. The van der Waals surface area contributed by atoms with Crippen molar-refractivity contribution >= 4 is 44.8 Å². The second kappa shape index (κ2) is 9.93. The molecule has 5 rings (SSSR count). The van der Waals surface area contributed by atoms with Crippen LogP contribution >= 0.6 is 11.6 Å². The van der Waals surface area contributed by atoms with Gasteiger partial charge in [-0.1, -0.05) is 29.8 Å². The van der Waals surface area contributed by atoms with Gasteiger partial charge in [0, 0.05) is 29.4 Å². The Hall–Kier alpha value is -3.40. The zero-order chi connectivity index (χ0) is 25.3. The molecular formula is C26H24ClN3O5S. The van der Waals surface area contributed by atoms with Gasteiger partial charge in [0.25, 0.3) is 11.8 Å². The molecule has 0 atom stereocenters. The lowest BCUT2D eigenvalue weighted by Gasteiger charge is -2.30. The summed E-state index contributed by atoms with van der Waals surface area (Å²) in [6, 6.07) is 18.2. The first-order valence-electron chi connectivity index (χ1n) is 11.5. The number of hydrogen-bond acceptors (Lipinski definition) is 5. The monoisotopic (exact) mass is 525 g/mol. The molecule has 0 saturated carbocycles. The normalized spacial score (nSPS) is 15.9. The van der Waals surface area contributed by atoms with E-state index in [1.807, 2.05) is 18.2 Å². The third kappa shape index (κ3) is 4.82. The third-order valence-corrected chi connectivity index (χ3v) is 8.55. The number of rotatable bonds is 6. The minimum absolute atomic E-state index is 0.0875. The topological polar surface area (TPSA) is 96.0 Å². The van der Waals surface area contributed by atoms with Crippen LogP contribution < -0.4 is 15.0 Å². The fourth-order valence-electron chi connectivity index (χ4n) is 4.31. The van der Waals surface area contributed by atoms with Crippen molar-refractivity contribution < 1.29 is 22.7 Å². The highest BCUT2D eigenvalue weighted by Crippen LogP contribution is 2.36. The van der Waals surface area contributed by atoms with Crippen LogP contribution in [0.1, 0.15) is 28.8 Å². The Morgan fingerprint density at radius 3 is 2.44 bits per heavy atom. The molecule has 1 saturated heterocycles. The standard InChI is InChI=1S/C26H24ClN3O5S/c27-22-6-2-1-5-19(22)16-30-23-15-20(9-12-24(23)35-17-25(30)31)28-26(32)18-7-10-21(11-8-18)36(33,34)29-13-3-4-14-29/h1-2,5-12,15H,3-4,13-14,16-17H2,(H,28,32). The van der Waals surface area contributed by atoms with E-state index in [9.17, 15) is 18.0 Å². The number of amides is 2. The number of hydrogen-bond donors (Lipinski definition) is 1. The lowest BCUT2D eigenvalue weighted by molar-refractivity contribution is -0.121. The lowest BCUT2D eigenvalue weighted by Crippen LogP contribution is -2.38. The predicted molar refractivity (Wildman–Crippen MR) is 137 cm³/mol. The molecule has 0 aliphatic carbocycles. The number of sulfonamides is 1. The number of anilines is 2. The van der Waals surface area contributed by atoms with Gasteiger partial charge < -0.3 is 15.0 Å². The molecule has 2 aliphatic rings. The summed E-state index contributed by atoms with van der Waals surface area (Å²) >= 11 is 6.30. The van der Waals surface area contributed by atoms with E-state index in [1.165, 1.54) is 28.6 Å². The number of carbonyl (C=O) groups excluding carboxylic acids is 2. The van der Waals surface area contributed by atoms with E-state index in [-0.39, 0.29) is 24.0 Å². The molecule has 0 radical (unpaired) electrons. The van der Waals surface area contributed by atoms with Gasteiger partial charge in [0.05, 0.1) is 17.1 Å². The molecule has 3 aromatic rings. The average molecular weight is 526 g/mol. The summed E-state index contributed by atoms with van der Waals surface area (Å²) in [4.78, 5) is 27.3. The van der Waals surface area contributed by atoms with Gasteiger partial charge in [0.1, 0.15) is 5.75 Å². The van der Waals surface area contributed by atoms with Crippen molar-refractivity contribution in [3.8, 4) is 5.75 Å². The molecule has 3 aromatic carbocycles. The van der Waals surface area contributed by atoms with Crippen LogP contribution in [0.5, 0.6) is 5.75 Å². The van der Waals surface area contributed by atoms with Crippen molar-refractivity contribution in [3.63, 3.8) is 0 Å². The minimum atomic E-state index is -3.55. The van der Waals surface area contributed by atoms with E-state index in [1.54, 1.807) is 29.2 Å². The van der Waals surface area contributed by atoms with Crippen LogP contribution in [0.2, 0.25) is 5.02 Å². The first-order chi connectivity index (χ1) is 17.3. The highest BCUT2D eigenvalue weighted by molar-refractivity contribution is 7.89. The van der Waals surface area contributed by atoms with Crippen molar-refractivity contribution in [2.75, 3.05) is 29.9 Å². The predicted octanol–water partition coefficient (Wildman–Crippen LogP) is 4.30. The van der Waals surface area contributed by atoms with Crippen LogP contribution in [-0.2, 0) is 21.4 Å². The quantitative estimate of drug-likeness (QED) is 0.517. The molecule has 0 aromatic heterocycles. The molecule has 0 bridgehead atoms. The molecule has 2 heterocycles. The van der Waals surface area contributed by atoms with Crippen molar-refractivity contribution in [3.05, 3.63) is 82.9 Å². The highest BCUT2D eigenvalue weighted by atomic mass is 35.5. The Morgan fingerprint density at radius 1 is 1.00 bits per heavy atom. The largest absolute Gasteiger partial charge is 0.482 e. The fourth-order valence-corrected chi connectivity index (χ4v) is 6.02. The van der Waals surface area contributed by atoms with Crippen molar-refractivity contribution in [2.45, 2.75) is 24.3 Å². The van der Waals surface area contributed by atoms with Gasteiger partial charge in [0.2, 0.25) is 10.0 Å². The molecule has 2 amide bonds. The van der Waals surface area contributed by atoms with Crippen LogP contribution in [-0.4, -0.2) is 44.2 Å². The van der Waals surface area contributed by atoms with Crippen LogP contribution in [0.4, 0.5) is 11.4 Å². The highest BCUT2D eigenvalue weighted by Gasteiger charge is 2.28. The van der Waals surface area contributed by atoms with E-state index in [2.05, 4.69) is 5.32 Å². The van der Waals surface area contributed by atoms with E-state index in [4.69, 9.17) is 16.3 Å². The summed E-state index contributed by atoms with van der Waals surface area (Å²) in [5.41, 5.74) is 2.10. The van der Waals surface area contributed by atoms with Crippen molar-refractivity contribution in [1.82, 2.24) is 4.31 Å². The SMILES string of the molecule is O=C(Nc1ccc2c(c1)N(Cc1ccccc1Cl)C(=O)CO2)c1ccc(S(=O)(=O)N2CCCC2)cc1. The molecule has 8 nitrogen and oxygen atoms in total. The Balaban J connectivity index is 1.34. The lowest BCUT2D eigenvalue weighted by atomic mass is 10.1. The Labute approximate surface area is 214 Å². The summed E-state index contributed by atoms with van der Waals surface area (Å²) in [7, 11) is -3.55.